The van der Waals surface area contributed by atoms with Crippen molar-refractivity contribution in [2.75, 3.05) is 7.11 Å². The monoisotopic (exact) mass is 152 g/mol. The van der Waals surface area contributed by atoms with Crippen molar-refractivity contribution in [3.05, 3.63) is 24.0 Å². The summed E-state index contributed by atoms with van der Waals surface area (Å²) in [6, 6.07) is 1.69. The summed E-state index contributed by atoms with van der Waals surface area (Å²) in [6.07, 6.45) is 4.44. The molecule has 4 nitrogen and oxygen atoms in total. The van der Waals surface area contributed by atoms with Crippen molar-refractivity contribution in [1.82, 2.24) is 4.98 Å². The van der Waals surface area contributed by atoms with Gasteiger partial charge in [0, 0.05) is 11.8 Å². The summed E-state index contributed by atoms with van der Waals surface area (Å²) in [4.78, 5) is 3.83. The molecule has 1 N–H and O–H groups in total. The lowest BCUT2D eigenvalue weighted by atomic mass is 10.3. The van der Waals surface area contributed by atoms with Gasteiger partial charge in [-0.3, -0.25) is 4.98 Å². The van der Waals surface area contributed by atoms with Crippen LogP contribution in [0.1, 0.15) is 5.56 Å². The van der Waals surface area contributed by atoms with E-state index >= 15 is 0 Å². The number of ether oxygens (including phenoxy) is 1. The van der Waals surface area contributed by atoms with E-state index in [4.69, 9.17) is 9.94 Å². The highest BCUT2D eigenvalue weighted by Gasteiger charge is 1.97. The molecule has 1 rings (SSSR count). The van der Waals surface area contributed by atoms with E-state index in [2.05, 4.69) is 10.1 Å². The maximum atomic E-state index is 8.23. The highest BCUT2D eigenvalue weighted by molar-refractivity contribution is 5.82. The summed E-state index contributed by atoms with van der Waals surface area (Å²) < 4.78 is 4.93. The SMILES string of the molecule is COc1cnccc1C=NO. The largest absolute Gasteiger partial charge is 0.494 e. The van der Waals surface area contributed by atoms with Crippen LogP contribution in [0.25, 0.3) is 0 Å². The fraction of sp³-hybridized carbons (Fsp3) is 0.143. The van der Waals surface area contributed by atoms with Gasteiger partial charge in [-0.1, -0.05) is 5.16 Å². The molecule has 0 atom stereocenters. The molecule has 0 aromatic carbocycles. The Morgan fingerprint density at radius 1 is 1.73 bits per heavy atom. The number of hydrogen-bond acceptors (Lipinski definition) is 4. The first-order valence-electron chi connectivity index (χ1n) is 3.04. The first-order chi connectivity index (χ1) is 5.38. The molecule has 0 aliphatic heterocycles. The third-order valence-corrected chi connectivity index (χ3v) is 1.23. The molecule has 0 aliphatic rings. The molecule has 0 radical (unpaired) electrons. The predicted molar refractivity (Wildman–Crippen MR) is 40.2 cm³/mol. The summed E-state index contributed by atoms with van der Waals surface area (Å²) in [5.41, 5.74) is 0.699. The molecule has 1 aromatic heterocycles. The van der Waals surface area contributed by atoms with Gasteiger partial charge in [-0.05, 0) is 6.07 Å². The van der Waals surface area contributed by atoms with Gasteiger partial charge in [0.1, 0.15) is 5.75 Å². The van der Waals surface area contributed by atoms with Crippen LogP contribution in [-0.4, -0.2) is 23.5 Å². The standard InChI is InChI=1S/C7H8N2O2/c1-11-7-5-8-3-2-6(7)4-9-10/h2-5,10H,1H3. The van der Waals surface area contributed by atoms with E-state index in [9.17, 15) is 0 Å². The van der Waals surface area contributed by atoms with Gasteiger partial charge in [0.2, 0.25) is 0 Å². The molecule has 1 heterocycles. The van der Waals surface area contributed by atoms with Gasteiger partial charge in [-0.2, -0.15) is 0 Å². The molecule has 0 spiro atoms. The molecule has 0 bridgehead atoms. The number of methoxy groups -OCH3 is 1. The van der Waals surface area contributed by atoms with Crippen LogP contribution in [0.5, 0.6) is 5.75 Å². The van der Waals surface area contributed by atoms with E-state index < -0.39 is 0 Å². The molecule has 58 valence electrons. The van der Waals surface area contributed by atoms with Gasteiger partial charge in [0.25, 0.3) is 0 Å². The Morgan fingerprint density at radius 3 is 3.18 bits per heavy atom. The molecular formula is C7H8N2O2. The second-order valence-electron chi connectivity index (χ2n) is 1.86. The van der Waals surface area contributed by atoms with Crippen LogP contribution >= 0.6 is 0 Å². The third kappa shape index (κ3) is 1.67. The summed E-state index contributed by atoms with van der Waals surface area (Å²) in [6.45, 7) is 0. The van der Waals surface area contributed by atoms with Crippen LogP contribution in [-0.2, 0) is 0 Å². The Bertz CT molecular complexity index is 260. The van der Waals surface area contributed by atoms with Gasteiger partial charge in [0.15, 0.2) is 0 Å². The van der Waals surface area contributed by atoms with Gasteiger partial charge in [-0.15, -0.1) is 0 Å². The first kappa shape index (κ1) is 7.53. The molecule has 0 fully saturated rings. The minimum absolute atomic E-state index is 0.588. The van der Waals surface area contributed by atoms with E-state index in [0.29, 0.717) is 11.3 Å². The molecule has 1 aromatic rings. The Kier molecular flexibility index (Phi) is 2.43. The van der Waals surface area contributed by atoms with E-state index in [-0.39, 0.29) is 0 Å². The average molecular weight is 152 g/mol. The van der Waals surface area contributed by atoms with Crippen LogP contribution in [0, 0.1) is 0 Å². The molecule has 0 amide bonds. The van der Waals surface area contributed by atoms with Crippen molar-refractivity contribution >= 4 is 6.21 Å². The summed E-state index contributed by atoms with van der Waals surface area (Å²) >= 11 is 0. The van der Waals surface area contributed by atoms with E-state index in [1.54, 1.807) is 18.5 Å². The zero-order valence-corrected chi connectivity index (χ0v) is 6.06. The van der Waals surface area contributed by atoms with E-state index in [0.717, 1.165) is 0 Å². The van der Waals surface area contributed by atoms with Crippen LogP contribution in [0.2, 0.25) is 0 Å². The molecule has 11 heavy (non-hydrogen) atoms. The Balaban J connectivity index is 3.02. The second-order valence-corrected chi connectivity index (χ2v) is 1.86. The third-order valence-electron chi connectivity index (χ3n) is 1.23. The van der Waals surface area contributed by atoms with Crippen molar-refractivity contribution in [1.29, 1.82) is 0 Å². The van der Waals surface area contributed by atoms with Crippen LogP contribution in [0.3, 0.4) is 0 Å². The number of rotatable bonds is 2. The van der Waals surface area contributed by atoms with Crippen molar-refractivity contribution in [3.8, 4) is 5.75 Å². The maximum absolute atomic E-state index is 8.23. The lowest BCUT2D eigenvalue weighted by Crippen LogP contribution is -1.90. The smallest absolute Gasteiger partial charge is 0.146 e. The Hall–Kier alpha value is -1.58. The summed E-state index contributed by atoms with van der Waals surface area (Å²) in [7, 11) is 1.53. The number of oxime groups is 1. The molecule has 0 saturated heterocycles. The normalized spacial score (nSPS) is 10.3. The van der Waals surface area contributed by atoms with Crippen LogP contribution in [0.4, 0.5) is 0 Å². The first-order valence-corrected chi connectivity index (χ1v) is 3.04. The number of hydrogen-bond donors (Lipinski definition) is 1. The van der Waals surface area contributed by atoms with Gasteiger partial charge >= 0.3 is 0 Å². The van der Waals surface area contributed by atoms with Crippen LogP contribution < -0.4 is 4.74 Å². The quantitative estimate of drug-likeness (QED) is 0.389. The zero-order chi connectivity index (χ0) is 8.10. The molecule has 0 saturated carbocycles. The fourth-order valence-corrected chi connectivity index (χ4v) is 0.730. The predicted octanol–water partition coefficient (Wildman–Crippen LogP) is 0.898. The number of pyridine rings is 1. The lowest BCUT2D eigenvalue weighted by Gasteiger charge is -2.00. The van der Waals surface area contributed by atoms with Gasteiger partial charge < -0.3 is 9.94 Å². The number of aromatic nitrogens is 1. The average Bonchev–Trinajstić information content (AvgIpc) is 2.06. The highest BCUT2D eigenvalue weighted by Crippen LogP contribution is 2.12. The minimum Gasteiger partial charge on any atom is -0.494 e. The molecule has 0 unspecified atom stereocenters. The summed E-state index contributed by atoms with van der Waals surface area (Å²) in [5, 5.41) is 11.1. The Morgan fingerprint density at radius 2 is 2.55 bits per heavy atom. The maximum Gasteiger partial charge on any atom is 0.146 e. The highest BCUT2D eigenvalue weighted by atomic mass is 16.5. The Labute approximate surface area is 64.1 Å². The van der Waals surface area contributed by atoms with Crippen LogP contribution in [0.15, 0.2) is 23.6 Å². The molecule has 0 aliphatic carbocycles. The van der Waals surface area contributed by atoms with Crippen molar-refractivity contribution in [2.45, 2.75) is 0 Å². The molecule has 4 heteroatoms. The molecular weight excluding hydrogens is 144 g/mol. The van der Waals surface area contributed by atoms with Crippen molar-refractivity contribution in [2.24, 2.45) is 5.16 Å². The van der Waals surface area contributed by atoms with Crippen molar-refractivity contribution < 1.29 is 9.94 Å². The van der Waals surface area contributed by atoms with E-state index in [1.807, 2.05) is 0 Å². The fourth-order valence-electron chi connectivity index (χ4n) is 0.730. The topological polar surface area (TPSA) is 54.7 Å². The van der Waals surface area contributed by atoms with Crippen molar-refractivity contribution in [3.63, 3.8) is 0 Å². The number of nitrogens with zero attached hydrogens (tertiary/aromatic N) is 2. The van der Waals surface area contributed by atoms with E-state index in [1.165, 1.54) is 13.3 Å². The lowest BCUT2D eigenvalue weighted by molar-refractivity contribution is 0.321. The van der Waals surface area contributed by atoms with Gasteiger partial charge in [0.05, 0.1) is 19.5 Å². The van der Waals surface area contributed by atoms with Gasteiger partial charge in [-0.25, -0.2) is 0 Å². The zero-order valence-electron chi connectivity index (χ0n) is 6.06. The summed E-state index contributed by atoms with van der Waals surface area (Å²) in [5.74, 6) is 0.588. The minimum atomic E-state index is 0.588. The second kappa shape index (κ2) is 3.55.